The highest BCUT2D eigenvalue weighted by Crippen LogP contribution is 2.29. The van der Waals surface area contributed by atoms with Gasteiger partial charge in [-0.05, 0) is 53.1 Å². The first-order valence-electron chi connectivity index (χ1n) is 11.3. The summed E-state index contributed by atoms with van der Waals surface area (Å²) >= 11 is 4.89. The molecule has 1 aromatic heterocycles. The lowest BCUT2D eigenvalue weighted by molar-refractivity contribution is 0.326. The number of rotatable bonds is 7. The van der Waals surface area contributed by atoms with Crippen LogP contribution < -0.4 is 24.4 Å². The monoisotopic (exact) mass is 558 g/mol. The van der Waals surface area contributed by atoms with E-state index in [1.54, 1.807) is 17.8 Å². The zero-order chi connectivity index (χ0) is 25.1. The second kappa shape index (κ2) is 10.5. The van der Waals surface area contributed by atoms with E-state index in [1.165, 1.54) is 11.3 Å². The summed E-state index contributed by atoms with van der Waals surface area (Å²) in [7, 11) is 1.59. The smallest absolute Gasteiger partial charge is 0.271 e. The molecule has 5 rings (SSSR count). The van der Waals surface area contributed by atoms with Gasteiger partial charge in [0.2, 0.25) is 0 Å². The molecule has 0 radical (unpaired) electrons. The summed E-state index contributed by atoms with van der Waals surface area (Å²) in [5.41, 5.74) is 3.63. The molecular formula is C29H23BrN2O3S. The van der Waals surface area contributed by atoms with Crippen molar-refractivity contribution < 1.29 is 9.47 Å². The molecule has 4 aromatic rings. The zero-order valence-corrected chi connectivity index (χ0v) is 22.0. The Hall–Kier alpha value is -3.68. The second-order valence-corrected chi connectivity index (χ2v) is 10.0. The minimum Gasteiger partial charge on any atom is -0.493 e. The first-order valence-corrected chi connectivity index (χ1v) is 12.9. The van der Waals surface area contributed by atoms with E-state index in [9.17, 15) is 4.79 Å². The maximum atomic E-state index is 13.7. The van der Waals surface area contributed by atoms with Gasteiger partial charge in [0, 0.05) is 4.47 Å². The van der Waals surface area contributed by atoms with Gasteiger partial charge in [-0.2, -0.15) is 0 Å². The van der Waals surface area contributed by atoms with E-state index in [1.807, 2.05) is 78.9 Å². The number of ether oxygens (including phenoxy) is 2. The molecule has 2 heterocycles. The van der Waals surface area contributed by atoms with Gasteiger partial charge < -0.3 is 9.47 Å². The number of allylic oxidation sites excluding steroid dienone is 1. The normalized spacial score (nSPS) is 15.0. The van der Waals surface area contributed by atoms with Crippen LogP contribution in [0, 0.1) is 0 Å². The van der Waals surface area contributed by atoms with E-state index in [-0.39, 0.29) is 11.6 Å². The molecule has 0 bridgehead atoms. The Morgan fingerprint density at radius 1 is 1.08 bits per heavy atom. The Labute approximate surface area is 221 Å². The Morgan fingerprint density at radius 3 is 2.58 bits per heavy atom. The van der Waals surface area contributed by atoms with Crippen molar-refractivity contribution in [1.82, 2.24) is 4.57 Å². The van der Waals surface area contributed by atoms with E-state index in [0.29, 0.717) is 27.4 Å². The van der Waals surface area contributed by atoms with Crippen LogP contribution in [0.25, 0.3) is 11.8 Å². The number of aromatic nitrogens is 1. The van der Waals surface area contributed by atoms with Crippen LogP contribution in [-0.2, 0) is 0 Å². The summed E-state index contributed by atoms with van der Waals surface area (Å²) in [6.07, 6.45) is 5.60. The van der Waals surface area contributed by atoms with Crippen molar-refractivity contribution in [2.75, 3.05) is 13.7 Å². The molecule has 36 heavy (non-hydrogen) atoms. The van der Waals surface area contributed by atoms with Crippen molar-refractivity contribution in [3.05, 3.63) is 132 Å². The summed E-state index contributed by atoms with van der Waals surface area (Å²) in [6.45, 7) is 4.06. The first kappa shape index (κ1) is 24.0. The van der Waals surface area contributed by atoms with Crippen molar-refractivity contribution >= 4 is 39.0 Å². The highest BCUT2D eigenvalue weighted by Gasteiger charge is 2.22. The molecule has 0 saturated heterocycles. The Morgan fingerprint density at radius 2 is 1.86 bits per heavy atom. The fourth-order valence-corrected chi connectivity index (χ4v) is 5.32. The molecule has 7 heteroatoms. The lowest BCUT2D eigenvalue weighted by Gasteiger charge is -2.19. The average molecular weight is 559 g/mol. The maximum Gasteiger partial charge on any atom is 0.271 e. The van der Waals surface area contributed by atoms with Gasteiger partial charge in [-0.3, -0.25) is 9.36 Å². The van der Waals surface area contributed by atoms with Crippen LogP contribution in [0.1, 0.15) is 22.7 Å². The van der Waals surface area contributed by atoms with Gasteiger partial charge in [0.1, 0.15) is 6.61 Å². The fraction of sp³-hybridized carbons (Fsp3) is 0.103. The molecule has 0 N–H and O–H groups in total. The number of nitrogens with zero attached hydrogens (tertiary/aromatic N) is 2. The van der Waals surface area contributed by atoms with Crippen LogP contribution in [0.5, 0.6) is 11.5 Å². The van der Waals surface area contributed by atoms with Crippen LogP contribution in [-0.4, -0.2) is 18.3 Å². The van der Waals surface area contributed by atoms with Gasteiger partial charge in [-0.15, -0.1) is 0 Å². The van der Waals surface area contributed by atoms with E-state index < -0.39 is 0 Å². The minimum absolute atomic E-state index is 0.0824. The number of thiazole rings is 1. The topological polar surface area (TPSA) is 52.8 Å². The van der Waals surface area contributed by atoms with Crippen LogP contribution in [0.15, 0.2) is 106 Å². The highest BCUT2D eigenvalue weighted by molar-refractivity contribution is 9.10. The molecule has 0 saturated carbocycles. The number of halogens is 1. The van der Waals surface area contributed by atoms with Crippen molar-refractivity contribution in [1.29, 1.82) is 0 Å². The number of benzene rings is 3. The molecular weight excluding hydrogens is 536 g/mol. The van der Waals surface area contributed by atoms with Crippen molar-refractivity contribution in [2.24, 2.45) is 4.99 Å². The van der Waals surface area contributed by atoms with E-state index in [4.69, 9.17) is 14.5 Å². The first-order chi connectivity index (χ1) is 17.6. The Kier molecular flexibility index (Phi) is 7.02. The number of fused-ring (bicyclic) bond motifs is 1. The predicted octanol–water partition coefficient (Wildman–Crippen LogP) is 5.34. The number of methoxy groups -OCH3 is 1. The third-order valence-electron chi connectivity index (χ3n) is 5.77. The van der Waals surface area contributed by atoms with Gasteiger partial charge >= 0.3 is 0 Å². The van der Waals surface area contributed by atoms with Gasteiger partial charge in [0.25, 0.3) is 5.56 Å². The molecule has 1 aliphatic heterocycles. The molecule has 180 valence electrons. The average Bonchev–Trinajstić information content (AvgIpc) is 3.23. The van der Waals surface area contributed by atoms with Crippen LogP contribution >= 0.6 is 27.3 Å². The van der Waals surface area contributed by atoms with Gasteiger partial charge in [0.05, 0.1) is 23.4 Å². The second-order valence-electron chi connectivity index (χ2n) is 8.10. The summed E-state index contributed by atoms with van der Waals surface area (Å²) in [6, 6.07) is 23.4. The molecule has 0 fully saturated rings. The Bertz CT molecular complexity index is 1620. The van der Waals surface area contributed by atoms with E-state index in [0.717, 1.165) is 26.9 Å². The van der Waals surface area contributed by atoms with E-state index in [2.05, 4.69) is 28.6 Å². The Balaban J connectivity index is 1.65. The number of hydrogen-bond acceptors (Lipinski definition) is 5. The molecule has 1 unspecified atom stereocenters. The fourth-order valence-electron chi connectivity index (χ4n) is 4.04. The van der Waals surface area contributed by atoms with Crippen LogP contribution in [0.3, 0.4) is 0 Å². The minimum atomic E-state index is -0.268. The zero-order valence-electron chi connectivity index (χ0n) is 19.6. The molecule has 0 aliphatic carbocycles. The van der Waals surface area contributed by atoms with Crippen molar-refractivity contribution in [2.45, 2.75) is 6.04 Å². The molecule has 1 atom stereocenters. The lowest BCUT2D eigenvalue weighted by Crippen LogP contribution is -2.36. The highest BCUT2D eigenvalue weighted by atomic mass is 79.9. The summed E-state index contributed by atoms with van der Waals surface area (Å²) < 4.78 is 14.5. The van der Waals surface area contributed by atoms with Crippen molar-refractivity contribution in [3.8, 4) is 11.5 Å². The van der Waals surface area contributed by atoms with Gasteiger partial charge in [-0.25, -0.2) is 4.99 Å². The molecule has 5 nitrogen and oxygen atoms in total. The lowest BCUT2D eigenvalue weighted by atomic mass is 10.0. The maximum absolute atomic E-state index is 13.7. The molecule has 0 spiro atoms. The third kappa shape index (κ3) is 4.85. The quantitative estimate of drug-likeness (QED) is 0.288. The summed E-state index contributed by atoms with van der Waals surface area (Å²) in [5, 5.41) is 0. The summed E-state index contributed by atoms with van der Waals surface area (Å²) in [5.74, 6) is 1.22. The SMILES string of the molecule is C=CCOc1ccc(C=c2sc3n(c2=O)C(c2ccc(Br)cc2)C=C(c2ccccc2)N=3)cc1OC. The standard InChI is InChI=1S/C29H23BrN2O3S/c1-3-15-35-25-14-9-19(16-26(25)34-2)17-27-28(33)32-24(21-10-12-22(30)13-11-21)18-23(31-29(32)36-27)20-7-5-4-6-8-20/h3-14,16-18,24H,1,15H2,2H3. The largest absolute Gasteiger partial charge is 0.493 e. The molecule has 0 amide bonds. The van der Waals surface area contributed by atoms with Crippen LogP contribution in [0.4, 0.5) is 0 Å². The van der Waals surface area contributed by atoms with Gasteiger partial charge in [0.15, 0.2) is 16.3 Å². The molecule has 3 aromatic carbocycles. The number of hydrogen-bond donors (Lipinski definition) is 0. The summed E-state index contributed by atoms with van der Waals surface area (Å²) in [4.78, 5) is 19.2. The van der Waals surface area contributed by atoms with Crippen molar-refractivity contribution in [3.63, 3.8) is 0 Å². The third-order valence-corrected chi connectivity index (χ3v) is 7.28. The van der Waals surface area contributed by atoms with Crippen LogP contribution in [0.2, 0.25) is 0 Å². The van der Waals surface area contributed by atoms with E-state index >= 15 is 0 Å². The predicted molar refractivity (Wildman–Crippen MR) is 148 cm³/mol. The van der Waals surface area contributed by atoms with Gasteiger partial charge in [-0.1, -0.05) is 88.5 Å². The molecule has 1 aliphatic rings.